The summed E-state index contributed by atoms with van der Waals surface area (Å²) in [6.45, 7) is 10.9. The highest BCUT2D eigenvalue weighted by atomic mass is 127. The molecule has 170 valence electrons. The second kappa shape index (κ2) is 13.3. The fourth-order valence-electron chi connectivity index (χ4n) is 3.79. The van der Waals surface area contributed by atoms with Crippen LogP contribution in [0.4, 0.5) is 14.5 Å². The summed E-state index contributed by atoms with van der Waals surface area (Å²) in [5.41, 5.74) is 0.739. The predicted octanol–water partition coefficient (Wildman–Crippen LogP) is 2.69. The largest absolute Gasteiger partial charge is 0.379 e. The van der Waals surface area contributed by atoms with Gasteiger partial charge in [0, 0.05) is 57.6 Å². The molecule has 3 rings (SSSR count). The van der Waals surface area contributed by atoms with Crippen LogP contribution in [0.15, 0.2) is 23.2 Å². The van der Waals surface area contributed by atoms with Gasteiger partial charge in [-0.1, -0.05) is 0 Å². The number of rotatable bonds is 8. The van der Waals surface area contributed by atoms with Crippen molar-refractivity contribution in [2.45, 2.75) is 19.8 Å². The molecule has 0 saturated carbocycles. The lowest BCUT2D eigenvalue weighted by atomic mass is 10.1. The number of ether oxygens (including phenoxy) is 1. The van der Waals surface area contributed by atoms with E-state index in [0.29, 0.717) is 5.92 Å². The molecule has 2 N–H and O–H groups in total. The van der Waals surface area contributed by atoms with Crippen molar-refractivity contribution in [1.29, 1.82) is 0 Å². The predicted molar refractivity (Wildman–Crippen MR) is 128 cm³/mol. The van der Waals surface area contributed by atoms with Crippen LogP contribution in [0, 0.1) is 17.6 Å². The molecule has 0 spiro atoms. The zero-order chi connectivity index (χ0) is 20.5. The van der Waals surface area contributed by atoms with E-state index in [9.17, 15) is 8.78 Å². The minimum absolute atomic E-state index is 0. The zero-order valence-corrected chi connectivity index (χ0v) is 20.0. The van der Waals surface area contributed by atoms with E-state index in [0.717, 1.165) is 90.1 Å². The van der Waals surface area contributed by atoms with Crippen LogP contribution < -0.4 is 15.5 Å². The normalized spacial score (nSPS) is 20.2. The number of anilines is 1. The van der Waals surface area contributed by atoms with Crippen LogP contribution in [0.5, 0.6) is 0 Å². The van der Waals surface area contributed by atoms with E-state index in [4.69, 9.17) is 9.73 Å². The third kappa shape index (κ3) is 7.81. The molecule has 2 fully saturated rings. The molecule has 0 aromatic heterocycles. The van der Waals surface area contributed by atoms with Gasteiger partial charge in [-0.3, -0.25) is 9.89 Å². The molecular weight excluding hydrogens is 503 g/mol. The number of halogens is 3. The van der Waals surface area contributed by atoms with E-state index >= 15 is 0 Å². The molecule has 6 nitrogen and oxygen atoms in total. The third-order valence-corrected chi connectivity index (χ3v) is 5.45. The Balaban J connectivity index is 0.00000320. The van der Waals surface area contributed by atoms with Crippen molar-refractivity contribution in [2.75, 3.05) is 70.5 Å². The average molecular weight is 537 g/mol. The maximum absolute atomic E-state index is 13.5. The van der Waals surface area contributed by atoms with Gasteiger partial charge in [0.2, 0.25) is 0 Å². The van der Waals surface area contributed by atoms with Crippen molar-refractivity contribution in [2.24, 2.45) is 10.9 Å². The van der Waals surface area contributed by atoms with E-state index in [1.54, 1.807) is 6.07 Å². The lowest BCUT2D eigenvalue weighted by Gasteiger charge is -2.26. The van der Waals surface area contributed by atoms with Gasteiger partial charge >= 0.3 is 0 Å². The molecule has 0 amide bonds. The summed E-state index contributed by atoms with van der Waals surface area (Å²) < 4.78 is 32.0. The Bertz CT molecular complexity index is 673. The van der Waals surface area contributed by atoms with Gasteiger partial charge in [-0.2, -0.15) is 0 Å². The molecule has 1 atom stereocenters. The maximum atomic E-state index is 13.5. The summed E-state index contributed by atoms with van der Waals surface area (Å²) in [6.07, 6.45) is 2.07. The zero-order valence-electron chi connectivity index (χ0n) is 17.7. The van der Waals surface area contributed by atoms with E-state index in [-0.39, 0.29) is 24.0 Å². The summed E-state index contributed by atoms with van der Waals surface area (Å²) >= 11 is 0. The summed E-state index contributed by atoms with van der Waals surface area (Å²) in [5, 5.41) is 6.72. The quantitative estimate of drug-likeness (QED) is 0.231. The van der Waals surface area contributed by atoms with E-state index in [2.05, 4.69) is 27.4 Å². The van der Waals surface area contributed by atoms with Crippen molar-refractivity contribution >= 4 is 35.6 Å². The molecule has 2 aliphatic rings. The molecule has 2 heterocycles. The van der Waals surface area contributed by atoms with Crippen molar-refractivity contribution < 1.29 is 13.5 Å². The van der Waals surface area contributed by atoms with Crippen LogP contribution in [0.25, 0.3) is 0 Å². The van der Waals surface area contributed by atoms with Gasteiger partial charge in [0.15, 0.2) is 17.6 Å². The third-order valence-electron chi connectivity index (χ3n) is 5.45. The van der Waals surface area contributed by atoms with Gasteiger partial charge < -0.3 is 20.3 Å². The molecule has 9 heteroatoms. The Morgan fingerprint density at radius 2 is 1.97 bits per heavy atom. The Hall–Kier alpha value is -1.20. The summed E-state index contributed by atoms with van der Waals surface area (Å²) in [4.78, 5) is 9.27. The first kappa shape index (κ1) is 25.1. The minimum atomic E-state index is -0.802. The van der Waals surface area contributed by atoms with Crippen molar-refractivity contribution in [3.8, 4) is 0 Å². The highest BCUT2D eigenvalue weighted by Crippen LogP contribution is 2.25. The van der Waals surface area contributed by atoms with E-state index in [1.165, 1.54) is 12.1 Å². The van der Waals surface area contributed by atoms with Crippen LogP contribution in [0.2, 0.25) is 0 Å². The summed E-state index contributed by atoms with van der Waals surface area (Å²) in [7, 11) is 0. The van der Waals surface area contributed by atoms with Gasteiger partial charge in [0.05, 0.1) is 13.2 Å². The first-order valence-electron chi connectivity index (χ1n) is 10.7. The molecule has 0 bridgehead atoms. The van der Waals surface area contributed by atoms with Gasteiger partial charge in [0.1, 0.15) is 0 Å². The molecule has 2 saturated heterocycles. The Morgan fingerprint density at radius 3 is 2.70 bits per heavy atom. The number of benzene rings is 1. The molecule has 1 unspecified atom stereocenters. The standard InChI is InChI=1S/C21H33F2N5O.HI/c1-2-24-21(25-7-3-8-27-10-12-29-13-11-27)26-15-17-6-9-28(16-17)18-4-5-19(22)20(23)14-18;/h4-5,14,17H,2-3,6-13,15-16H2,1H3,(H2,24,25,26);1H. The summed E-state index contributed by atoms with van der Waals surface area (Å²) in [5.74, 6) is -0.337. The second-order valence-corrected chi connectivity index (χ2v) is 7.65. The topological polar surface area (TPSA) is 52.1 Å². The lowest BCUT2D eigenvalue weighted by Crippen LogP contribution is -2.41. The molecule has 0 aliphatic carbocycles. The molecular formula is C21H34F2IN5O. The van der Waals surface area contributed by atoms with Crippen LogP contribution >= 0.6 is 24.0 Å². The Labute approximate surface area is 195 Å². The molecule has 0 radical (unpaired) electrons. The highest BCUT2D eigenvalue weighted by Gasteiger charge is 2.23. The van der Waals surface area contributed by atoms with Crippen molar-refractivity contribution in [3.63, 3.8) is 0 Å². The van der Waals surface area contributed by atoms with Crippen LogP contribution in [0.1, 0.15) is 19.8 Å². The maximum Gasteiger partial charge on any atom is 0.191 e. The first-order chi connectivity index (χ1) is 14.2. The molecule has 2 aliphatic heterocycles. The highest BCUT2D eigenvalue weighted by molar-refractivity contribution is 14.0. The number of nitrogens with zero attached hydrogens (tertiary/aromatic N) is 3. The smallest absolute Gasteiger partial charge is 0.191 e. The first-order valence-corrected chi connectivity index (χ1v) is 10.7. The van der Waals surface area contributed by atoms with Gasteiger partial charge in [-0.15, -0.1) is 24.0 Å². The second-order valence-electron chi connectivity index (χ2n) is 7.65. The number of hydrogen-bond donors (Lipinski definition) is 2. The lowest BCUT2D eigenvalue weighted by molar-refractivity contribution is 0.0376. The SMILES string of the molecule is CCNC(=NCC1CCN(c2ccc(F)c(F)c2)C1)NCCCN1CCOCC1.I. The fraction of sp³-hybridized carbons (Fsp3) is 0.667. The minimum Gasteiger partial charge on any atom is -0.379 e. The van der Waals surface area contributed by atoms with Crippen LogP contribution in [-0.2, 0) is 4.74 Å². The van der Waals surface area contributed by atoms with Crippen LogP contribution in [-0.4, -0.2) is 76.4 Å². The molecule has 1 aromatic rings. The van der Waals surface area contributed by atoms with Gasteiger partial charge in [-0.25, -0.2) is 8.78 Å². The number of guanidine groups is 1. The fourth-order valence-corrected chi connectivity index (χ4v) is 3.79. The number of morpholine rings is 1. The number of aliphatic imine (C=N–C) groups is 1. The van der Waals surface area contributed by atoms with E-state index < -0.39 is 11.6 Å². The van der Waals surface area contributed by atoms with Gasteiger partial charge in [-0.05, 0) is 44.4 Å². The van der Waals surface area contributed by atoms with E-state index in [1.807, 2.05) is 0 Å². The van der Waals surface area contributed by atoms with Crippen LogP contribution in [0.3, 0.4) is 0 Å². The monoisotopic (exact) mass is 537 g/mol. The average Bonchev–Trinajstić information content (AvgIpc) is 3.21. The molecule has 1 aromatic carbocycles. The Kier molecular flexibility index (Phi) is 11.1. The number of nitrogens with one attached hydrogen (secondary N) is 2. The molecule has 30 heavy (non-hydrogen) atoms. The van der Waals surface area contributed by atoms with Crippen molar-refractivity contribution in [3.05, 3.63) is 29.8 Å². The Morgan fingerprint density at radius 1 is 1.17 bits per heavy atom. The van der Waals surface area contributed by atoms with Crippen molar-refractivity contribution in [1.82, 2.24) is 15.5 Å². The van der Waals surface area contributed by atoms with Gasteiger partial charge in [0.25, 0.3) is 0 Å². The number of hydrogen-bond acceptors (Lipinski definition) is 4. The summed E-state index contributed by atoms with van der Waals surface area (Å²) in [6, 6.07) is 4.12.